The van der Waals surface area contributed by atoms with E-state index in [0.717, 1.165) is 11.1 Å². The first-order valence-corrected chi connectivity index (χ1v) is 12.3. The molecule has 0 aliphatic rings. The van der Waals surface area contributed by atoms with Gasteiger partial charge in [-0.25, -0.2) is 13.4 Å². The minimum atomic E-state index is -3.01. The van der Waals surface area contributed by atoms with E-state index in [1.807, 2.05) is 74.5 Å². The number of nitrogens with zero attached hydrogens (tertiary/aromatic N) is 1. The SMILES string of the molecule is CCNC(=NCC(O)(Cc1ccccc1)c1ccccc1)NC(C)CCS(C)(=O)=O. The number of hydrogen-bond acceptors (Lipinski definition) is 4. The molecule has 6 nitrogen and oxygen atoms in total. The molecule has 2 atom stereocenters. The molecule has 2 aromatic rings. The Morgan fingerprint density at radius 2 is 1.70 bits per heavy atom. The van der Waals surface area contributed by atoms with Crippen LogP contribution >= 0.6 is 0 Å². The summed E-state index contributed by atoms with van der Waals surface area (Å²) in [6.45, 7) is 4.71. The van der Waals surface area contributed by atoms with Gasteiger partial charge in [-0.2, -0.15) is 0 Å². The number of benzene rings is 2. The Hall–Kier alpha value is -2.38. The lowest BCUT2D eigenvalue weighted by Gasteiger charge is -2.28. The van der Waals surface area contributed by atoms with E-state index in [-0.39, 0.29) is 18.3 Å². The molecular formula is C23H33N3O3S. The Bertz CT molecular complexity index is 902. The molecule has 0 radical (unpaired) electrons. The van der Waals surface area contributed by atoms with Gasteiger partial charge in [0.1, 0.15) is 15.4 Å². The largest absolute Gasteiger partial charge is 0.383 e. The number of sulfone groups is 1. The van der Waals surface area contributed by atoms with E-state index in [2.05, 4.69) is 15.6 Å². The van der Waals surface area contributed by atoms with Gasteiger partial charge in [-0.3, -0.25) is 0 Å². The van der Waals surface area contributed by atoms with Crippen LogP contribution in [0.2, 0.25) is 0 Å². The molecule has 0 bridgehead atoms. The molecule has 0 aliphatic carbocycles. The van der Waals surface area contributed by atoms with Gasteiger partial charge in [-0.15, -0.1) is 0 Å². The average molecular weight is 432 g/mol. The van der Waals surface area contributed by atoms with Gasteiger partial charge < -0.3 is 15.7 Å². The maximum atomic E-state index is 11.6. The first-order chi connectivity index (χ1) is 14.2. The summed E-state index contributed by atoms with van der Waals surface area (Å²) >= 11 is 0. The van der Waals surface area contributed by atoms with E-state index >= 15 is 0 Å². The van der Waals surface area contributed by atoms with Crippen LogP contribution < -0.4 is 10.6 Å². The summed E-state index contributed by atoms with van der Waals surface area (Å²) in [6, 6.07) is 19.3. The van der Waals surface area contributed by atoms with Crippen molar-refractivity contribution in [3.63, 3.8) is 0 Å². The van der Waals surface area contributed by atoms with Crippen LogP contribution in [0.1, 0.15) is 31.4 Å². The van der Waals surface area contributed by atoms with Crippen LogP contribution in [0.4, 0.5) is 0 Å². The average Bonchev–Trinajstić information content (AvgIpc) is 2.72. The zero-order valence-corrected chi connectivity index (χ0v) is 18.8. The molecule has 0 spiro atoms. The molecular weight excluding hydrogens is 398 g/mol. The molecule has 0 saturated heterocycles. The first kappa shape index (κ1) is 23.9. The molecule has 0 fully saturated rings. The van der Waals surface area contributed by atoms with Crippen LogP contribution in [0.5, 0.6) is 0 Å². The number of aliphatic hydroxyl groups is 1. The fraction of sp³-hybridized carbons (Fsp3) is 0.435. The molecule has 0 amide bonds. The topological polar surface area (TPSA) is 90.8 Å². The van der Waals surface area contributed by atoms with Gasteiger partial charge in [0.05, 0.1) is 12.3 Å². The lowest BCUT2D eigenvalue weighted by atomic mass is 9.87. The molecule has 2 aromatic carbocycles. The molecule has 7 heteroatoms. The van der Waals surface area contributed by atoms with Crippen molar-refractivity contribution < 1.29 is 13.5 Å². The van der Waals surface area contributed by atoms with Crippen molar-refractivity contribution >= 4 is 15.8 Å². The molecule has 0 heterocycles. The monoisotopic (exact) mass is 431 g/mol. The van der Waals surface area contributed by atoms with Gasteiger partial charge in [0.2, 0.25) is 0 Å². The van der Waals surface area contributed by atoms with Gasteiger partial charge >= 0.3 is 0 Å². The van der Waals surface area contributed by atoms with Crippen LogP contribution in [0, 0.1) is 0 Å². The summed E-state index contributed by atoms with van der Waals surface area (Å²) in [7, 11) is -3.01. The summed E-state index contributed by atoms with van der Waals surface area (Å²) in [6.07, 6.45) is 2.16. The van der Waals surface area contributed by atoms with Crippen LogP contribution in [0.15, 0.2) is 65.7 Å². The van der Waals surface area contributed by atoms with E-state index in [4.69, 9.17) is 0 Å². The summed E-state index contributed by atoms with van der Waals surface area (Å²) in [5.41, 5.74) is 0.665. The van der Waals surface area contributed by atoms with Crippen LogP contribution in [-0.2, 0) is 21.9 Å². The summed E-state index contributed by atoms with van der Waals surface area (Å²) < 4.78 is 22.9. The highest BCUT2D eigenvalue weighted by atomic mass is 32.2. The number of nitrogens with one attached hydrogen (secondary N) is 2. The second-order valence-electron chi connectivity index (χ2n) is 7.72. The molecule has 0 aliphatic heterocycles. The Labute approximate surface area is 180 Å². The van der Waals surface area contributed by atoms with Crippen molar-refractivity contribution in [2.24, 2.45) is 4.99 Å². The zero-order chi connectivity index (χ0) is 22.0. The molecule has 0 aromatic heterocycles. The van der Waals surface area contributed by atoms with Gasteiger partial charge in [-0.1, -0.05) is 60.7 Å². The fourth-order valence-electron chi connectivity index (χ4n) is 3.16. The van der Waals surface area contributed by atoms with Gasteiger partial charge in [-0.05, 0) is 31.4 Å². The maximum absolute atomic E-state index is 11.6. The van der Waals surface area contributed by atoms with Crippen molar-refractivity contribution in [2.75, 3.05) is 25.1 Å². The van der Waals surface area contributed by atoms with E-state index in [0.29, 0.717) is 25.3 Å². The molecule has 2 unspecified atom stereocenters. The Balaban J connectivity index is 2.20. The smallest absolute Gasteiger partial charge is 0.191 e. The van der Waals surface area contributed by atoms with Crippen LogP contribution in [0.3, 0.4) is 0 Å². The number of aliphatic imine (C=N–C) groups is 1. The lowest BCUT2D eigenvalue weighted by molar-refractivity contribution is 0.0467. The highest BCUT2D eigenvalue weighted by molar-refractivity contribution is 7.90. The minimum absolute atomic E-state index is 0.0727. The van der Waals surface area contributed by atoms with Crippen LogP contribution in [0.25, 0.3) is 0 Å². The Morgan fingerprint density at radius 3 is 2.27 bits per heavy atom. The van der Waals surface area contributed by atoms with Gasteiger partial charge in [0.15, 0.2) is 5.96 Å². The maximum Gasteiger partial charge on any atom is 0.191 e. The minimum Gasteiger partial charge on any atom is -0.383 e. The summed E-state index contributed by atoms with van der Waals surface area (Å²) in [5.74, 6) is 0.670. The van der Waals surface area contributed by atoms with Gasteiger partial charge in [0, 0.05) is 25.3 Å². The standard InChI is InChI=1S/C23H33N3O3S/c1-4-24-22(26-19(2)15-16-30(3,28)29)25-18-23(27,21-13-9-6-10-14-21)17-20-11-7-5-8-12-20/h5-14,19,27H,4,15-18H2,1-3H3,(H2,24,25,26). The first-order valence-electron chi connectivity index (χ1n) is 10.3. The fourth-order valence-corrected chi connectivity index (χ4v) is 3.94. The molecule has 0 saturated carbocycles. The Morgan fingerprint density at radius 1 is 1.10 bits per heavy atom. The van der Waals surface area contributed by atoms with E-state index < -0.39 is 15.4 Å². The third-order valence-corrected chi connectivity index (χ3v) is 5.78. The van der Waals surface area contributed by atoms with Crippen LogP contribution in [-0.4, -0.2) is 50.6 Å². The molecule has 30 heavy (non-hydrogen) atoms. The normalized spacial score (nSPS) is 15.3. The highest BCUT2D eigenvalue weighted by Crippen LogP contribution is 2.26. The predicted octanol–water partition coefficient (Wildman–Crippen LogP) is 2.50. The number of hydrogen-bond donors (Lipinski definition) is 3. The third-order valence-electron chi connectivity index (χ3n) is 4.80. The predicted molar refractivity (Wildman–Crippen MR) is 123 cm³/mol. The van der Waals surface area contributed by atoms with E-state index in [9.17, 15) is 13.5 Å². The quantitative estimate of drug-likeness (QED) is 0.397. The van der Waals surface area contributed by atoms with E-state index in [1.54, 1.807) is 0 Å². The summed E-state index contributed by atoms with van der Waals surface area (Å²) in [4.78, 5) is 4.64. The van der Waals surface area contributed by atoms with Crippen molar-refractivity contribution in [1.29, 1.82) is 0 Å². The molecule has 3 N–H and O–H groups in total. The lowest BCUT2D eigenvalue weighted by Crippen LogP contribution is -2.44. The van der Waals surface area contributed by atoms with Crippen molar-refractivity contribution in [3.05, 3.63) is 71.8 Å². The highest BCUT2D eigenvalue weighted by Gasteiger charge is 2.29. The zero-order valence-electron chi connectivity index (χ0n) is 18.0. The number of rotatable bonds is 10. The molecule has 2 rings (SSSR count). The molecule has 164 valence electrons. The second kappa shape index (κ2) is 11.1. The van der Waals surface area contributed by atoms with Crippen molar-refractivity contribution in [2.45, 2.75) is 38.3 Å². The third kappa shape index (κ3) is 8.16. The van der Waals surface area contributed by atoms with Crippen molar-refractivity contribution in [1.82, 2.24) is 10.6 Å². The van der Waals surface area contributed by atoms with Gasteiger partial charge in [0.25, 0.3) is 0 Å². The summed E-state index contributed by atoms with van der Waals surface area (Å²) in [5, 5.41) is 18.0. The van der Waals surface area contributed by atoms with E-state index in [1.165, 1.54) is 6.26 Å². The second-order valence-corrected chi connectivity index (χ2v) is 9.98. The number of guanidine groups is 1. The van der Waals surface area contributed by atoms with Crippen molar-refractivity contribution in [3.8, 4) is 0 Å². The Kier molecular flexibility index (Phi) is 8.87.